The van der Waals surface area contributed by atoms with Crippen LogP contribution in [0.2, 0.25) is 0 Å². The number of anilines is 1. The van der Waals surface area contributed by atoms with Gasteiger partial charge in [0.1, 0.15) is 6.61 Å². The first kappa shape index (κ1) is 15.3. The van der Waals surface area contributed by atoms with Crippen LogP contribution in [0.25, 0.3) is 5.52 Å². The minimum absolute atomic E-state index is 0.171. The maximum Gasteiger partial charge on any atom is 0.191 e. The van der Waals surface area contributed by atoms with Crippen molar-refractivity contribution in [2.75, 3.05) is 11.9 Å². The van der Waals surface area contributed by atoms with Crippen molar-refractivity contribution in [3.05, 3.63) is 30.1 Å². The first-order valence-electron chi connectivity index (χ1n) is 9.10. The maximum absolute atomic E-state index is 12.3. The van der Waals surface area contributed by atoms with E-state index >= 15 is 0 Å². The van der Waals surface area contributed by atoms with E-state index in [1.165, 1.54) is 12.6 Å². The number of hydrogen-bond donors (Lipinski definition) is 3. The Morgan fingerprint density at radius 1 is 1.32 bits per heavy atom. The second-order valence-electron chi connectivity index (χ2n) is 8.44. The van der Waals surface area contributed by atoms with Crippen molar-refractivity contribution in [1.82, 2.24) is 9.61 Å². The summed E-state index contributed by atoms with van der Waals surface area (Å²) in [5, 5.41) is 28.3. The lowest BCUT2D eigenvalue weighted by Crippen LogP contribution is -2.62. The van der Waals surface area contributed by atoms with E-state index in [9.17, 15) is 15.0 Å². The van der Waals surface area contributed by atoms with Gasteiger partial charge >= 0.3 is 0 Å². The minimum atomic E-state index is -0.566. The van der Waals surface area contributed by atoms with E-state index in [0.717, 1.165) is 43.3 Å². The zero-order valence-electron chi connectivity index (χ0n) is 14.1. The van der Waals surface area contributed by atoms with Gasteiger partial charge in [0.2, 0.25) is 0 Å². The minimum Gasteiger partial charge on any atom is -0.390 e. The van der Waals surface area contributed by atoms with Gasteiger partial charge in [-0.15, -0.1) is 0 Å². The van der Waals surface area contributed by atoms with Gasteiger partial charge in [0, 0.05) is 11.7 Å². The van der Waals surface area contributed by atoms with E-state index in [1.54, 1.807) is 4.52 Å². The first-order valence-corrected chi connectivity index (χ1v) is 9.10. The molecule has 25 heavy (non-hydrogen) atoms. The molecule has 4 aliphatic rings. The molecule has 132 valence electrons. The summed E-state index contributed by atoms with van der Waals surface area (Å²) in [6.07, 6.45) is 9.21. The van der Waals surface area contributed by atoms with Gasteiger partial charge in [-0.25, -0.2) is 4.52 Å². The lowest BCUT2D eigenvalue weighted by molar-refractivity contribution is -0.127. The van der Waals surface area contributed by atoms with Crippen molar-refractivity contribution in [3.63, 3.8) is 0 Å². The lowest BCUT2D eigenvalue weighted by atomic mass is 9.51. The van der Waals surface area contributed by atoms with Crippen LogP contribution in [0.15, 0.2) is 24.5 Å². The van der Waals surface area contributed by atoms with Crippen LogP contribution in [-0.2, 0) is 0 Å². The van der Waals surface area contributed by atoms with Crippen LogP contribution in [0.3, 0.4) is 0 Å². The molecule has 4 atom stereocenters. The second kappa shape index (κ2) is 5.05. The Kier molecular flexibility index (Phi) is 3.10. The molecular weight excluding hydrogens is 318 g/mol. The van der Waals surface area contributed by atoms with E-state index in [2.05, 4.69) is 10.4 Å². The summed E-state index contributed by atoms with van der Waals surface area (Å²) in [6.45, 7) is -0.532. The molecule has 4 bridgehead atoms. The monoisotopic (exact) mass is 341 g/mol. The summed E-state index contributed by atoms with van der Waals surface area (Å²) in [5.41, 5.74) is 1.27. The fourth-order valence-corrected chi connectivity index (χ4v) is 6.05. The van der Waals surface area contributed by atoms with Crippen molar-refractivity contribution in [2.24, 2.45) is 11.8 Å². The average molecular weight is 341 g/mol. The number of carbonyl (C=O) groups is 1. The van der Waals surface area contributed by atoms with Gasteiger partial charge in [0.15, 0.2) is 5.78 Å². The van der Waals surface area contributed by atoms with Crippen molar-refractivity contribution in [3.8, 4) is 0 Å². The number of aromatic nitrogens is 2. The molecule has 6 nitrogen and oxygen atoms in total. The lowest BCUT2D eigenvalue weighted by Gasteiger charge is -2.60. The molecule has 0 aliphatic heterocycles. The van der Waals surface area contributed by atoms with Crippen molar-refractivity contribution >= 4 is 17.0 Å². The van der Waals surface area contributed by atoms with E-state index in [-0.39, 0.29) is 11.3 Å². The van der Waals surface area contributed by atoms with Crippen molar-refractivity contribution in [2.45, 2.75) is 49.7 Å². The fourth-order valence-electron chi connectivity index (χ4n) is 6.05. The number of carbonyl (C=O) groups excluding carboxylic acids is 1. The van der Waals surface area contributed by atoms with E-state index in [0.29, 0.717) is 17.4 Å². The molecule has 6 rings (SSSR count). The third-order valence-corrected chi connectivity index (χ3v) is 6.43. The molecule has 0 aromatic carbocycles. The van der Waals surface area contributed by atoms with E-state index in [1.807, 2.05) is 18.3 Å². The molecule has 0 spiro atoms. The molecule has 0 saturated heterocycles. The quantitative estimate of drug-likeness (QED) is 0.741. The van der Waals surface area contributed by atoms with Gasteiger partial charge < -0.3 is 15.5 Å². The molecule has 4 fully saturated rings. The summed E-state index contributed by atoms with van der Waals surface area (Å²) in [5.74, 6) is 0.780. The number of aliphatic hydroxyl groups excluding tert-OH is 1. The van der Waals surface area contributed by atoms with Crippen molar-refractivity contribution < 1.29 is 15.0 Å². The van der Waals surface area contributed by atoms with Crippen molar-refractivity contribution in [1.29, 1.82) is 0 Å². The van der Waals surface area contributed by atoms with Gasteiger partial charge in [-0.3, -0.25) is 4.79 Å². The predicted octanol–water partition coefficient (Wildman–Crippen LogP) is 2.00. The fraction of sp³-hybridized carbons (Fsp3) is 0.579. The SMILES string of the molecule is O=C(CO)c1cnn2cccc2c1NC12C[C@@H]3C[C@@H](CC(O)(C3)C1)C2. The molecule has 3 N–H and O–H groups in total. The standard InChI is InChI=1S/C19H23N3O3/c23-10-16(24)14-9-20-22-3-1-2-15(22)17(14)21-18-5-12-4-13(6-18)8-19(25,7-12)11-18/h1-3,9,12-13,21,23,25H,4-8,10-11H2/t12-,13+,18?,19?. The largest absolute Gasteiger partial charge is 0.390 e. The number of hydrogen-bond acceptors (Lipinski definition) is 5. The molecule has 0 amide bonds. The predicted molar refractivity (Wildman–Crippen MR) is 92.6 cm³/mol. The Morgan fingerprint density at radius 2 is 2.08 bits per heavy atom. The highest BCUT2D eigenvalue weighted by Gasteiger charge is 2.57. The Labute approximate surface area is 145 Å². The zero-order valence-corrected chi connectivity index (χ0v) is 14.1. The Bertz CT molecular complexity index is 845. The van der Waals surface area contributed by atoms with Crippen LogP contribution < -0.4 is 5.32 Å². The summed E-state index contributed by atoms with van der Waals surface area (Å²) in [7, 11) is 0. The maximum atomic E-state index is 12.3. The topological polar surface area (TPSA) is 86.9 Å². The molecule has 4 aliphatic carbocycles. The van der Waals surface area contributed by atoms with Crippen LogP contribution in [0.5, 0.6) is 0 Å². The van der Waals surface area contributed by atoms with Crippen LogP contribution >= 0.6 is 0 Å². The van der Waals surface area contributed by atoms with Crippen LogP contribution in [0, 0.1) is 11.8 Å². The normalized spacial score (nSPS) is 36.1. The van der Waals surface area contributed by atoms with Crippen LogP contribution in [0.1, 0.15) is 48.9 Å². The first-order chi connectivity index (χ1) is 12.0. The molecule has 4 saturated carbocycles. The van der Waals surface area contributed by atoms with Crippen LogP contribution in [0.4, 0.5) is 5.69 Å². The van der Waals surface area contributed by atoms with Gasteiger partial charge in [0.25, 0.3) is 0 Å². The van der Waals surface area contributed by atoms with Gasteiger partial charge in [-0.1, -0.05) is 0 Å². The van der Waals surface area contributed by atoms with E-state index < -0.39 is 12.2 Å². The average Bonchev–Trinajstić information content (AvgIpc) is 3.01. The molecule has 2 heterocycles. The molecule has 2 aromatic rings. The Balaban J connectivity index is 1.60. The Morgan fingerprint density at radius 3 is 2.76 bits per heavy atom. The third-order valence-electron chi connectivity index (χ3n) is 6.43. The molecule has 6 heteroatoms. The summed E-state index contributed by atoms with van der Waals surface area (Å²) >= 11 is 0. The highest BCUT2D eigenvalue weighted by atomic mass is 16.3. The number of nitrogens with one attached hydrogen (secondary N) is 1. The molecule has 2 unspecified atom stereocenters. The summed E-state index contributed by atoms with van der Waals surface area (Å²) in [4.78, 5) is 12.3. The number of aliphatic hydroxyl groups is 2. The number of nitrogens with zero attached hydrogens (tertiary/aromatic N) is 2. The molecular formula is C19H23N3O3. The van der Waals surface area contributed by atoms with Crippen LogP contribution in [-0.4, -0.2) is 43.4 Å². The van der Waals surface area contributed by atoms with Gasteiger partial charge in [-0.05, 0) is 62.5 Å². The molecule has 2 aromatic heterocycles. The molecule has 0 radical (unpaired) electrons. The highest BCUT2D eigenvalue weighted by Crippen LogP contribution is 2.58. The van der Waals surface area contributed by atoms with E-state index in [4.69, 9.17) is 0 Å². The zero-order chi connectivity index (χ0) is 17.2. The van der Waals surface area contributed by atoms with Gasteiger partial charge in [0.05, 0.1) is 28.6 Å². The smallest absolute Gasteiger partial charge is 0.191 e. The second-order valence-corrected chi connectivity index (χ2v) is 8.44. The number of fused-ring (bicyclic) bond motifs is 1. The third kappa shape index (κ3) is 2.31. The Hall–Kier alpha value is -1.92. The number of Topliss-reactive ketones (excluding diaryl/α,β-unsaturated/α-hetero) is 1. The number of rotatable bonds is 4. The van der Waals surface area contributed by atoms with Gasteiger partial charge in [-0.2, -0.15) is 5.10 Å². The highest BCUT2D eigenvalue weighted by molar-refractivity contribution is 6.04. The number of ketones is 1. The summed E-state index contributed by atoms with van der Waals surface area (Å²) in [6, 6.07) is 3.83. The summed E-state index contributed by atoms with van der Waals surface area (Å²) < 4.78 is 1.74.